The van der Waals surface area contributed by atoms with Gasteiger partial charge < -0.3 is 14.2 Å². The van der Waals surface area contributed by atoms with Crippen molar-refractivity contribution in [3.8, 4) is 0 Å². The van der Waals surface area contributed by atoms with E-state index < -0.39 is 0 Å². The number of benzene rings is 1. The maximum atomic E-state index is 5.37. The fourth-order valence-electron chi connectivity index (χ4n) is 3.88. The molecule has 1 aliphatic heterocycles. The number of methoxy groups -OCH3 is 1. The van der Waals surface area contributed by atoms with Crippen molar-refractivity contribution in [3.05, 3.63) is 36.0 Å². The van der Waals surface area contributed by atoms with Gasteiger partial charge in [0.2, 0.25) is 0 Å². The molecule has 24 heavy (non-hydrogen) atoms. The van der Waals surface area contributed by atoms with Crippen LogP contribution in [0.4, 0.5) is 0 Å². The Kier molecular flexibility index (Phi) is 5.93. The summed E-state index contributed by atoms with van der Waals surface area (Å²) >= 11 is 0. The number of aryl methyl sites for hydroxylation is 1. The molecule has 0 atom stereocenters. The van der Waals surface area contributed by atoms with Crippen LogP contribution in [0.25, 0.3) is 10.9 Å². The van der Waals surface area contributed by atoms with Crippen LogP contribution in [-0.4, -0.2) is 60.8 Å². The number of piperidine rings is 1. The maximum absolute atomic E-state index is 5.37. The Morgan fingerprint density at radius 1 is 1.21 bits per heavy atom. The summed E-state index contributed by atoms with van der Waals surface area (Å²) in [5.41, 5.74) is 2.79. The number of ether oxygens (including phenoxy) is 1. The third-order valence-electron chi connectivity index (χ3n) is 5.41. The highest BCUT2D eigenvalue weighted by Crippen LogP contribution is 2.24. The van der Waals surface area contributed by atoms with E-state index in [0.717, 1.165) is 26.2 Å². The third-order valence-corrected chi connectivity index (χ3v) is 5.41. The van der Waals surface area contributed by atoms with Crippen LogP contribution in [0, 0.1) is 0 Å². The zero-order valence-electron chi connectivity index (χ0n) is 15.4. The molecular weight excluding hydrogens is 298 g/mol. The van der Waals surface area contributed by atoms with Crippen molar-refractivity contribution in [2.45, 2.75) is 38.9 Å². The molecule has 4 heteroatoms. The summed E-state index contributed by atoms with van der Waals surface area (Å²) in [5, 5.41) is 1.40. The lowest BCUT2D eigenvalue weighted by molar-refractivity contribution is 0.0805. The topological polar surface area (TPSA) is 20.6 Å². The van der Waals surface area contributed by atoms with Crippen LogP contribution >= 0.6 is 0 Å². The highest BCUT2D eigenvalue weighted by molar-refractivity contribution is 5.83. The monoisotopic (exact) mass is 329 g/mol. The van der Waals surface area contributed by atoms with Gasteiger partial charge in [-0.1, -0.05) is 12.1 Å². The van der Waals surface area contributed by atoms with Gasteiger partial charge in [-0.15, -0.1) is 0 Å². The summed E-state index contributed by atoms with van der Waals surface area (Å²) in [6, 6.07) is 9.67. The van der Waals surface area contributed by atoms with Gasteiger partial charge in [-0.3, -0.25) is 4.90 Å². The van der Waals surface area contributed by atoms with Gasteiger partial charge in [-0.2, -0.15) is 0 Å². The van der Waals surface area contributed by atoms with Gasteiger partial charge in [0.05, 0.1) is 6.61 Å². The third kappa shape index (κ3) is 3.82. The van der Waals surface area contributed by atoms with Gasteiger partial charge >= 0.3 is 0 Å². The highest BCUT2D eigenvalue weighted by atomic mass is 16.5. The number of hydrogen-bond donors (Lipinski definition) is 0. The van der Waals surface area contributed by atoms with Crippen LogP contribution < -0.4 is 0 Å². The quantitative estimate of drug-likeness (QED) is 0.778. The van der Waals surface area contributed by atoms with Gasteiger partial charge in [-0.25, -0.2) is 0 Å². The second-order valence-electron chi connectivity index (χ2n) is 6.95. The Morgan fingerprint density at radius 2 is 2.00 bits per heavy atom. The molecule has 1 fully saturated rings. The van der Waals surface area contributed by atoms with Crippen LogP contribution in [0.1, 0.15) is 25.3 Å². The van der Waals surface area contributed by atoms with Crippen LogP contribution in [0.5, 0.6) is 0 Å². The van der Waals surface area contributed by atoms with Crippen LogP contribution in [0.15, 0.2) is 30.5 Å². The molecule has 132 valence electrons. The zero-order chi connectivity index (χ0) is 16.9. The second-order valence-corrected chi connectivity index (χ2v) is 6.95. The van der Waals surface area contributed by atoms with Crippen molar-refractivity contribution in [2.75, 3.05) is 40.4 Å². The molecule has 0 aliphatic carbocycles. The normalized spacial score (nSPS) is 17.2. The Hall–Kier alpha value is -1.36. The molecule has 1 aromatic carbocycles. The Morgan fingerprint density at radius 3 is 2.71 bits per heavy atom. The molecule has 0 saturated carbocycles. The van der Waals surface area contributed by atoms with E-state index in [2.05, 4.69) is 58.8 Å². The van der Waals surface area contributed by atoms with E-state index >= 15 is 0 Å². The summed E-state index contributed by atoms with van der Waals surface area (Å²) in [4.78, 5) is 5.07. The lowest BCUT2D eigenvalue weighted by Gasteiger charge is -2.37. The van der Waals surface area contributed by atoms with Crippen LogP contribution in [0.3, 0.4) is 0 Å². The van der Waals surface area contributed by atoms with Crippen LogP contribution in [-0.2, 0) is 17.8 Å². The summed E-state index contributed by atoms with van der Waals surface area (Å²) in [6.07, 6.45) is 4.72. The van der Waals surface area contributed by atoms with Gasteiger partial charge in [0, 0.05) is 49.9 Å². The molecule has 2 aromatic rings. The fourth-order valence-corrected chi connectivity index (χ4v) is 3.88. The molecule has 0 radical (unpaired) electrons. The molecule has 1 saturated heterocycles. The predicted octanol–water partition coefficient (Wildman–Crippen LogP) is 3.20. The van der Waals surface area contributed by atoms with Crippen molar-refractivity contribution in [1.29, 1.82) is 0 Å². The van der Waals surface area contributed by atoms with E-state index in [1.807, 2.05) is 0 Å². The first kappa shape index (κ1) is 17.5. The van der Waals surface area contributed by atoms with Crippen molar-refractivity contribution < 1.29 is 4.74 Å². The van der Waals surface area contributed by atoms with E-state index in [0.29, 0.717) is 6.04 Å². The fraction of sp³-hybridized carbons (Fsp3) is 0.600. The first-order chi connectivity index (χ1) is 11.7. The molecular formula is C20H31N3O. The van der Waals surface area contributed by atoms with E-state index in [9.17, 15) is 0 Å². The Balaban J connectivity index is 1.80. The number of nitrogens with zero attached hydrogens (tertiary/aromatic N) is 3. The smallest absolute Gasteiger partial charge is 0.0589 e. The van der Waals surface area contributed by atoms with Gasteiger partial charge in [-0.05, 0) is 57.6 Å². The minimum atomic E-state index is 0.667. The molecule has 0 amide bonds. The number of fused-ring (bicyclic) bond motifs is 1. The number of rotatable bonds is 7. The minimum absolute atomic E-state index is 0.667. The molecule has 1 aliphatic rings. The summed E-state index contributed by atoms with van der Waals surface area (Å²) in [6.45, 7) is 8.46. The van der Waals surface area contributed by atoms with Gasteiger partial charge in [0.15, 0.2) is 0 Å². The maximum Gasteiger partial charge on any atom is 0.0589 e. The van der Waals surface area contributed by atoms with Crippen molar-refractivity contribution in [2.24, 2.45) is 0 Å². The van der Waals surface area contributed by atoms with Crippen LogP contribution in [0.2, 0.25) is 0 Å². The molecule has 0 unspecified atom stereocenters. The summed E-state index contributed by atoms with van der Waals surface area (Å²) < 4.78 is 7.70. The predicted molar refractivity (Wildman–Crippen MR) is 100 cm³/mol. The molecule has 0 spiro atoms. The highest BCUT2D eigenvalue weighted by Gasteiger charge is 2.23. The lowest BCUT2D eigenvalue weighted by Crippen LogP contribution is -2.44. The minimum Gasteiger partial charge on any atom is -0.383 e. The molecule has 0 bridgehead atoms. The molecule has 3 rings (SSSR count). The Bertz CT molecular complexity index is 643. The Labute approximate surface area is 146 Å². The first-order valence-electron chi connectivity index (χ1n) is 9.21. The standard InChI is InChI=1S/C20H31N3O/c1-4-22-13-10-19-17(6-5-7-20(19)22)16-23(14-15-24-3)18-8-11-21(2)12-9-18/h5-7,10,13,18H,4,8-9,11-12,14-16H2,1-3H3. The van der Waals surface area contributed by atoms with E-state index in [4.69, 9.17) is 4.74 Å². The van der Waals surface area contributed by atoms with Crippen molar-refractivity contribution >= 4 is 10.9 Å². The molecule has 1 aromatic heterocycles. The van der Waals surface area contributed by atoms with E-state index in [1.54, 1.807) is 7.11 Å². The molecule has 2 heterocycles. The van der Waals surface area contributed by atoms with Gasteiger partial charge in [0.25, 0.3) is 0 Å². The van der Waals surface area contributed by atoms with Gasteiger partial charge in [0.1, 0.15) is 0 Å². The number of likely N-dealkylation sites (tertiary alicyclic amines) is 1. The summed E-state index contributed by atoms with van der Waals surface area (Å²) in [5.74, 6) is 0. The van der Waals surface area contributed by atoms with Crippen molar-refractivity contribution in [1.82, 2.24) is 14.4 Å². The molecule has 4 nitrogen and oxygen atoms in total. The largest absolute Gasteiger partial charge is 0.383 e. The average molecular weight is 329 g/mol. The SMILES string of the molecule is CCn1ccc2c(CN(CCOC)C3CCN(C)CC3)cccc21. The number of hydrogen-bond acceptors (Lipinski definition) is 3. The van der Waals surface area contributed by atoms with Crippen molar-refractivity contribution in [3.63, 3.8) is 0 Å². The number of aromatic nitrogens is 1. The summed E-state index contributed by atoms with van der Waals surface area (Å²) in [7, 11) is 4.03. The van der Waals surface area contributed by atoms with E-state index in [-0.39, 0.29) is 0 Å². The van der Waals surface area contributed by atoms with E-state index in [1.165, 1.54) is 42.4 Å². The second kappa shape index (κ2) is 8.15. The average Bonchev–Trinajstić information content (AvgIpc) is 3.03. The lowest BCUT2D eigenvalue weighted by atomic mass is 10.0. The first-order valence-corrected chi connectivity index (χ1v) is 9.21. The molecule has 0 N–H and O–H groups in total. The zero-order valence-corrected chi connectivity index (χ0v) is 15.4.